The van der Waals surface area contributed by atoms with Gasteiger partial charge in [0.05, 0.1) is 5.56 Å². The molecular weight excluding hydrogens is 377 g/mol. The summed E-state index contributed by atoms with van der Waals surface area (Å²) in [7, 11) is 0. The maximum absolute atomic E-state index is 13.3. The van der Waals surface area contributed by atoms with E-state index in [0.29, 0.717) is 22.3 Å². The number of anilines is 1. The minimum Gasteiger partial charge on any atom is -0.310 e. The number of aromatic nitrogens is 2. The van der Waals surface area contributed by atoms with Crippen LogP contribution in [0.5, 0.6) is 0 Å². The quantitative estimate of drug-likeness (QED) is 0.518. The molecule has 0 spiro atoms. The first-order valence-corrected chi connectivity index (χ1v) is 9.86. The number of carbonyl (C=O) groups excluding carboxylic acids is 1. The fourth-order valence-corrected chi connectivity index (χ4v) is 4.24. The summed E-state index contributed by atoms with van der Waals surface area (Å²) in [6.45, 7) is 1.96. The minimum atomic E-state index is -0.330. The zero-order valence-corrected chi connectivity index (χ0v) is 16.0. The number of aryl methyl sites for hydroxylation is 1. The van der Waals surface area contributed by atoms with E-state index in [4.69, 9.17) is 0 Å². The molecule has 1 aliphatic heterocycles. The van der Waals surface area contributed by atoms with Gasteiger partial charge in [-0.05, 0) is 35.7 Å². The van der Waals surface area contributed by atoms with Gasteiger partial charge in [-0.1, -0.05) is 48.2 Å². The van der Waals surface area contributed by atoms with Gasteiger partial charge in [-0.3, -0.25) is 9.59 Å². The number of carbonyl (C=O) groups is 1. The van der Waals surface area contributed by atoms with Crippen molar-refractivity contribution in [3.05, 3.63) is 87.0 Å². The molecular formula is C21H18FN3O2S. The van der Waals surface area contributed by atoms with Crippen LogP contribution in [0.1, 0.15) is 34.6 Å². The Labute approximate surface area is 165 Å². The predicted octanol–water partition coefficient (Wildman–Crippen LogP) is 3.98. The molecule has 3 aromatic rings. The molecule has 2 N–H and O–H groups in total. The lowest BCUT2D eigenvalue weighted by molar-refractivity contribution is -0.116. The average Bonchev–Trinajstić information content (AvgIpc) is 2.66. The van der Waals surface area contributed by atoms with Crippen LogP contribution in [0, 0.1) is 12.7 Å². The Morgan fingerprint density at radius 1 is 1.18 bits per heavy atom. The predicted molar refractivity (Wildman–Crippen MR) is 107 cm³/mol. The maximum atomic E-state index is 13.3. The van der Waals surface area contributed by atoms with Gasteiger partial charge in [0.25, 0.3) is 5.56 Å². The van der Waals surface area contributed by atoms with Crippen LogP contribution in [0.15, 0.2) is 58.5 Å². The van der Waals surface area contributed by atoms with E-state index in [0.717, 1.165) is 16.7 Å². The minimum absolute atomic E-state index is 0.167. The summed E-state index contributed by atoms with van der Waals surface area (Å²) in [5, 5.41) is 3.11. The van der Waals surface area contributed by atoms with Crippen molar-refractivity contribution in [3.63, 3.8) is 0 Å². The van der Waals surface area contributed by atoms with Gasteiger partial charge in [-0.25, -0.2) is 9.37 Å². The number of fused-ring (bicyclic) bond motifs is 1. The summed E-state index contributed by atoms with van der Waals surface area (Å²) in [4.78, 5) is 32.3. The molecule has 0 bridgehead atoms. The number of thioether (sulfide) groups is 1. The van der Waals surface area contributed by atoms with Crippen LogP contribution in [0.4, 0.5) is 10.2 Å². The fourth-order valence-electron chi connectivity index (χ4n) is 3.44. The zero-order valence-electron chi connectivity index (χ0n) is 15.2. The molecule has 0 radical (unpaired) electrons. The van der Waals surface area contributed by atoms with Gasteiger partial charge in [-0.15, -0.1) is 0 Å². The normalized spacial score (nSPS) is 15.8. The molecule has 0 saturated heterocycles. The van der Waals surface area contributed by atoms with Crippen molar-refractivity contribution in [2.45, 2.75) is 30.2 Å². The summed E-state index contributed by atoms with van der Waals surface area (Å²) in [5.74, 6) is -0.0500. The van der Waals surface area contributed by atoms with Gasteiger partial charge in [-0.2, -0.15) is 0 Å². The van der Waals surface area contributed by atoms with E-state index in [1.807, 2.05) is 37.3 Å². The molecule has 142 valence electrons. The van der Waals surface area contributed by atoms with E-state index in [9.17, 15) is 14.0 Å². The molecule has 4 rings (SSSR count). The summed E-state index contributed by atoms with van der Waals surface area (Å²) >= 11 is 1.29. The van der Waals surface area contributed by atoms with E-state index >= 15 is 0 Å². The number of halogens is 1. The van der Waals surface area contributed by atoms with Gasteiger partial charge >= 0.3 is 0 Å². The summed E-state index contributed by atoms with van der Waals surface area (Å²) in [6, 6.07) is 14.0. The second-order valence-electron chi connectivity index (χ2n) is 6.71. The topological polar surface area (TPSA) is 74.8 Å². The molecule has 1 unspecified atom stereocenters. The monoisotopic (exact) mass is 395 g/mol. The van der Waals surface area contributed by atoms with Gasteiger partial charge in [0.1, 0.15) is 11.6 Å². The van der Waals surface area contributed by atoms with Crippen LogP contribution in [-0.2, 0) is 10.5 Å². The highest BCUT2D eigenvalue weighted by Gasteiger charge is 2.31. The molecule has 2 aromatic carbocycles. The molecule has 0 aliphatic carbocycles. The number of amides is 1. The van der Waals surface area contributed by atoms with Crippen molar-refractivity contribution in [2.75, 3.05) is 5.32 Å². The standard InChI is InChI=1S/C21H18FN3O2S/c1-12-5-2-3-8-15(12)16-10-17(26)23-19-18(16)20(27)25-21(24-19)28-11-13-6-4-7-14(22)9-13/h2-9,16H,10-11H2,1H3,(H2,23,24,25,26,27). The number of nitrogens with zero attached hydrogens (tertiary/aromatic N) is 1. The third-order valence-electron chi connectivity index (χ3n) is 4.76. The largest absolute Gasteiger partial charge is 0.310 e. The molecule has 1 atom stereocenters. The fraction of sp³-hybridized carbons (Fsp3) is 0.190. The third-order valence-corrected chi connectivity index (χ3v) is 5.70. The number of nitrogens with one attached hydrogen (secondary N) is 2. The van der Waals surface area contributed by atoms with Crippen molar-refractivity contribution < 1.29 is 9.18 Å². The van der Waals surface area contributed by atoms with Crippen LogP contribution >= 0.6 is 11.8 Å². The molecule has 28 heavy (non-hydrogen) atoms. The van der Waals surface area contributed by atoms with Crippen LogP contribution < -0.4 is 10.9 Å². The van der Waals surface area contributed by atoms with Gasteiger partial charge in [0, 0.05) is 18.1 Å². The number of aromatic amines is 1. The lowest BCUT2D eigenvalue weighted by Crippen LogP contribution is -2.31. The molecule has 7 heteroatoms. The van der Waals surface area contributed by atoms with E-state index in [2.05, 4.69) is 15.3 Å². The first kappa shape index (κ1) is 18.4. The number of hydrogen-bond acceptors (Lipinski definition) is 4. The van der Waals surface area contributed by atoms with Crippen molar-refractivity contribution in [2.24, 2.45) is 0 Å². The van der Waals surface area contributed by atoms with E-state index in [1.54, 1.807) is 6.07 Å². The summed E-state index contributed by atoms with van der Waals surface area (Å²) in [6.07, 6.45) is 0.207. The Hall–Kier alpha value is -2.93. The molecule has 1 aliphatic rings. The van der Waals surface area contributed by atoms with Crippen molar-refractivity contribution in [1.82, 2.24) is 9.97 Å². The number of hydrogen-bond donors (Lipinski definition) is 2. The molecule has 0 saturated carbocycles. The van der Waals surface area contributed by atoms with Crippen molar-refractivity contribution in [3.8, 4) is 0 Å². The highest BCUT2D eigenvalue weighted by Crippen LogP contribution is 2.36. The third kappa shape index (κ3) is 3.71. The maximum Gasteiger partial charge on any atom is 0.257 e. The number of rotatable bonds is 4. The van der Waals surface area contributed by atoms with Crippen LogP contribution in [0.3, 0.4) is 0 Å². The zero-order chi connectivity index (χ0) is 19.7. The smallest absolute Gasteiger partial charge is 0.257 e. The second-order valence-corrected chi connectivity index (χ2v) is 7.68. The van der Waals surface area contributed by atoms with Crippen LogP contribution in [0.2, 0.25) is 0 Å². The van der Waals surface area contributed by atoms with Gasteiger partial charge in [0.2, 0.25) is 5.91 Å². The summed E-state index contributed by atoms with van der Waals surface area (Å²) < 4.78 is 13.3. The molecule has 5 nitrogen and oxygen atoms in total. The highest BCUT2D eigenvalue weighted by atomic mass is 32.2. The second kappa shape index (κ2) is 7.59. The van der Waals surface area contributed by atoms with Crippen molar-refractivity contribution in [1.29, 1.82) is 0 Å². The molecule has 1 amide bonds. The molecule has 2 heterocycles. The van der Waals surface area contributed by atoms with Gasteiger partial charge in [0.15, 0.2) is 5.16 Å². The molecule has 0 fully saturated rings. The SMILES string of the molecule is Cc1ccccc1C1CC(=O)Nc2nc(SCc3cccc(F)c3)[nH]c(=O)c21. The Kier molecular flexibility index (Phi) is 5.00. The Balaban J connectivity index is 1.67. The molecule has 1 aromatic heterocycles. The Morgan fingerprint density at radius 3 is 2.79 bits per heavy atom. The lowest BCUT2D eigenvalue weighted by Gasteiger charge is -2.25. The van der Waals surface area contributed by atoms with Gasteiger partial charge < -0.3 is 10.3 Å². The van der Waals surface area contributed by atoms with Crippen LogP contribution in [-0.4, -0.2) is 15.9 Å². The Morgan fingerprint density at radius 2 is 2.00 bits per heavy atom. The van der Waals surface area contributed by atoms with Crippen molar-refractivity contribution >= 4 is 23.5 Å². The van der Waals surface area contributed by atoms with E-state index in [1.165, 1.54) is 23.9 Å². The van der Waals surface area contributed by atoms with Crippen LogP contribution in [0.25, 0.3) is 0 Å². The number of H-pyrrole nitrogens is 1. The highest BCUT2D eigenvalue weighted by molar-refractivity contribution is 7.98. The lowest BCUT2D eigenvalue weighted by atomic mass is 9.84. The first-order valence-electron chi connectivity index (χ1n) is 8.88. The first-order chi connectivity index (χ1) is 13.5. The number of benzene rings is 2. The van der Waals surface area contributed by atoms with E-state index in [-0.39, 0.29) is 29.6 Å². The van der Waals surface area contributed by atoms with E-state index < -0.39 is 0 Å². The average molecular weight is 395 g/mol. The Bertz CT molecular complexity index is 1110. The summed E-state index contributed by atoms with van der Waals surface area (Å²) in [5.41, 5.74) is 2.97.